The second-order valence-corrected chi connectivity index (χ2v) is 6.82. The van der Waals surface area contributed by atoms with Gasteiger partial charge in [0.05, 0.1) is 11.6 Å². The van der Waals surface area contributed by atoms with Crippen molar-refractivity contribution in [1.29, 1.82) is 0 Å². The van der Waals surface area contributed by atoms with Crippen molar-refractivity contribution in [2.75, 3.05) is 46.4 Å². The fraction of sp³-hybridized carbons (Fsp3) is 0.643. The number of nitrogens with zero attached hydrogens (tertiary/aromatic N) is 2. The Bertz CT molecular complexity index is 483. The number of hydrogen-bond donors (Lipinski definition) is 2. The van der Waals surface area contributed by atoms with E-state index in [1.165, 1.54) is 11.3 Å². The third-order valence-corrected chi connectivity index (χ3v) is 5.27. The summed E-state index contributed by atoms with van der Waals surface area (Å²) in [5.41, 5.74) is 0. The maximum absolute atomic E-state index is 12.5. The molecule has 1 aliphatic heterocycles. The third kappa shape index (κ3) is 3.96. The van der Waals surface area contributed by atoms with Crippen molar-refractivity contribution < 1.29 is 15.0 Å². The number of aliphatic hydroxyl groups excluding tert-OH is 2. The van der Waals surface area contributed by atoms with Crippen LogP contribution in [0, 0.1) is 11.8 Å². The molecule has 2 rings (SSSR count). The minimum Gasteiger partial charge on any atom is -0.396 e. The summed E-state index contributed by atoms with van der Waals surface area (Å²) in [6.07, 6.45) is 0. The first-order valence-electron chi connectivity index (χ1n) is 6.99. The van der Waals surface area contributed by atoms with E-state index in [1.54, 1.807) is 11.0 Å². The number of thiophene rings is 1. The number of carbonyl (C=O) groups excluding carboxylic acids is 1. The number of aliphatic hydroxyl groups is 2. The Kier molecular flexibility index (Phi) is 6.01. The summed E-state index contributed by atoms with van der Waals surface area (Å²) in [5, 5.41) is 20.8. The van der Waals surface area contributed by atoms with Crippen LogP contribution in [0.4, 0.5) is 0 Å². The highest BCUT2D eigenvalue weighted by atomic mass is 35.5. The molecule has 0 aromatic carbocycles. The first kappa shape index (κ1) is 16.7. The van der Waals surface area contributed by atoms with Crippen LogP contribution in [0.3, 0.4) is 0 Å². The molecule has 118 valence electrons. The van der Waals surface area contributed by atoms with Crippen LogP contribution in [-0.2, 0) is 0 Å². The van der Waals surface area contributed by atoms with Crippen molar-refractivity contribution >= 4 is 28.8 Å². The number of hydrogen-bond acceptors (Lipinski definition) is 5. The zero-order chi connectivity index (χ0) is 15.4. The van der Waals surface area contributed by atoms with Gasteiger partial charge in [-0.15, -0.1) is 11.3 Å². The van der Waals surface area contributed by atoms with Crippen LogP contribution in [0.2, 0.25) is 5.02 Å². The molecule has 5 nitrogen and oxygen atoms in total. The molecule has 0 saturated carbocycles. The first-order chi connectivity index (χ1) is 10.1. The monoisotopic (exact) mass is 332 g/mol. The van der Waals surface area contributed by atoms with Crippen LogP contribution in [-0.4, -0.2) is 72.4 Å². The van der Waals surface area contributed by atoms with Crippen molar-refractivity contribution in [2.45, 2.75) is 0 Å². The summed E-state index contributed by atoms with van der Waals surface area (Å²) < 4.78 is 0. The van der Waals surface area contributed by atoms with E-state index in [0.717, 1.165) is 6.54 Å². The highest BCUT2D eigenvalue weighted by Gasteiger charge is 2.36. The van der Waals surface area contributed by atoms with Crippen LogP contribution in [0.15, 0.2) is 11.4 Å². The number of likely N-dealkylation sites (N-methyl/N-ethyl adjacent to an activating group) is 1. The second kappa shape index (κ2) is 7.56. The molecule has 2 heterocycles. The summed E-state index contributed by atoms with van der Waals surface area (Å²) in [7, 11) is 1.94. The molecule has 21 heavy (non-hydrogen) atoms. The molecule has 1 amide bonds. The lowest BCUT2D eigenvalue weighted by molar-refractivity contribution is 0.0784. The van der Waals surface area contributed by atoms with Crippen molar-refractivity contribution in [2.24, 2.45) is 11.8 Å². The van der Waals surface area contributed by atoms with E-state index in [2.05, 4.69) is 0 Å². The molecule has 1 aromatic heterocycles. The standard InChI is InChI=1S/C14H21ClN2O3S/c1-16(3-4-18)6-10-7-17(8-11(10)9-19)14(20)13-12(15)2-5-21-13/h2,5,10-11,18-19H,3-4,6-9H2,1H3/t10-,11-/m1/s1. The highest BCUT2D eigenvalue weighted by Crippen LogP contribution is 2.29. The third-order valence-electron chi connectivity index (χ3n) is 3.94. The largest absolute Gasteiger partial charge is 0.396 e. The van der Waals surface area contributed by atoms with Crippen LogP contribution >= 0.6 is 22.9 Å². The Hall–Kier alpha value is -0.660. The molecule has 1 saturated heterocycles. The minimum atomic E-state index is -0.0549. The maximum atomic E-state index is 12.5. The van der Waals surface area contributed by atoms with E-state index in [-0.39, 0.29) is 31.0 Å². The van der Waals surface area contributed by atoms with E-state index < -0.39 is 0 Å². The fourth-order valence-corrected chi connectivity index (χ4v) is 3.87. The van der Waals surface area contributed by atoms with Gasteiger partial charge in [-0.25, -0.2) is 0 Å². The molecule has 0 spiro atoms. The van der Waals surface area contributed by atoms with Gasteiger partial charge in [0, 0.05) is 38.7 Å². The molecule has 1 aromatic rings. The SMILES string of the molecule is CN(CCO)C[C@@H]1CN(C(=O)c2sccc2Cl)C[C@@H]1CO. The van der Waals surface area contributed by atoms with Crippen molar-refractivity contribution in [1.82, 2.24) is 9.80 Å². The van der Waals surface area contributed by atoms with Gasteiger partial charge in [-0.1, -0.05) is 11.6 Å². The average Bonchev–Trinajstić information content (AvgIpc) is 3.04. The maximum Gasteiger partial charge on any atom is 0.265 e. The topological polar surface area (TPSA) is 64.0 Å². The van der Waals surface area contributed by atoms with Gasteiger partial charge in [0.2, 0.25) is 0 Å². The summed E-state index contributed by atoms with van der Waals surface area (Å²) in [4.78, 5) is 16.8. The molecular formula is C14H21ClN2O3S. The van der Waals surface area contributed by atoms with Crippen LogP contribution in [0.25, 0.3) is 0 Å². The lowest BCUT2D eigenvalue weighted by Crippen LogP contribution is -2.33. The van der Waals surface area contributed by atoms with Gasteiger partial charge in [-0.05, 0) is 24.4 Å². The van der Waals surface area contributed by atoms with Crippen LogP contribution in [0.5, 0.6) is 0 Å². The molecule has 1 aliphatic rings. The molecule has 0 radical (unpaired) electrons. The number of halogens is 1. The normalized spacial score (nSPS) is 22.2. The van der Waals surface area contributed by atoms with Gasteiger partial charge >= 0.3 is 0 Å². The quantitative estimate of drug-likeness (QED) is 0.816. The lowest BCUT2D eigenvalue weighted by Gasteiger charge is -2.23. The Balaban J connectivity index is 2.01. The zero-order valence-electron chi connectivity index (χ0n) is 12.0. The Morgan fingerprint density at radius 1 is 1.48 bits per heavy atom. The highest BCUT2D eigenvalue weighted by molar-refractivity contribution is 7.12. The van der Waals surface area contributed by atoms with Gasteiger partial charge in [-0.2, -0.15) is 0 Å². The number of amides is 1. The van der Waals surface area contributed by atoms with Gasteiger partial charge < -0.3 is 20.0 Å². The first-order valence-corrected chi connectivity index (χ1v) is 8.25. The zero-order valence-corrected chi connectivity index (χ0v) is 13.6. The Morgan fingerprint density at radius 2 is 2.19 bits per heavy atom. The Morgan fingerprint density at radius 3 is 2.76 bits per heavy atom. The predicted molar refractivity (Wildman–Crippen MR) is 83.9 cm³/mol. The summed E-state index contributed by atoms with van der Waals surface area (Å²) in [6.45, 7) is 2.71. The predicted octanol–water partition coefficient (Wildman–Crippen LogP) is 1.01. The van der Waals surface area contributed by atoms with Crippen LogP contribution < -0.4 is 0 Å². The second-order valence-electron chi connectivity index (χ2n) is 5.50. The minimum absolute atomic E-state index is 0.0549. The average molecular weight is 333 g/mol. The molecule has 0 unspecified atom stereocenters. The summed E-state index contributed by atoms with van der Waals surface area (Å²) in [5.74, 6) is 0.240. The fourth-order valence-electron chi connectivity index (χ4n) is 2.77. The molecular weight excluding hydrogens is 312 g/mol. The van der Waals surface area contributed by atoms with Gasteiger partial charge in [0.1, 0.15) is 4.88 Å². The van der Waals surface area contributed by atoms with Crippen LogP contribution in [0.1, 0.15) is 9.67 Å². The van der Waals surface area contributed by atoms with Crippen molar-refractivity contribution in [3.05, 3.63) is 21.3 Å². The van der Waals surface area contributed by atoms with E-state index in [4.69, 9.17) is 16.7 Å². The van der Waals surface area contributed by atoms with E-state index in [1.807, 2.05) is 17.3 Å². The summed E-state index contributed by atoms with van der Waals surface area (Å²) in [6, 6.07) is 1.73. The van der Waals surface area contributed by atoms with E-state index in [9.17, 15) is 9.90 Å². The van der Waals surface area contributed by atoms with E-state index in [0.29, 0.717) is 29.5 Å². The van der Waals surface area contributed by atoms with Gasteiger partial charge in [-0.3, -0.25) is 4.79 Å². The molecule has 1 fully saturated rings. The smallest absolute Gasteiger partial charge is 0.265 e. The number of likely N-dealkylation sites (tertiary alicyclic amines) is 1. The molecule has 2 atom stereocenters. The number of rotatable bonds is 6. The lowest BCUT2D eigenvalue weighted by atomic mass is 9.96. The number of carbonyl (C=O) groups is 1. The van der Waals surface area contributed by atoms with Crippen molar-refractivity contribution in [3.63, 3.8) is 0 Å². The molecule has 2 N–H and O–H groups in total. The van der Waals surface area contributed by atoms with E-state index >= 15 is 0 Å². The van der Waals surface area contributed by atoms with Gasteiger partial charge in [0.15, 0.2) is 0 Å². The molecule has 7 heteroatoms. The Labute approximate surface area is 133 Å². The molecule has 0 aliphatic carbocycles. The van der Waals surface area contributed by atoms with Crippen molar-refractivity contribution in [3.8, 4) is 0 Å². The summed E-state index contributed by atoms with van der Waals surface area (Å²) >= 11 is 7.37. The molecule has 0 bridgehead atoms. The van der Waals surface area contributed by atoms with Gasteiger partial charge in [0.25, 0.3) is 5.91 Å².